The van der Waals surface area contributed by atoms with Crippen molar-refractivity contribution in [2.45, 2.75) is 107 Å². The summed E-state index contributed by atoms with van der Waals surface area (Å²) < 4.78 is 0. The first-order chi connectivity index (χ1) is 10.7. The van der Waals surface area contributed by atoms with E-state index in [1.807, 2.05) is 0 Å². The van der Waals surface area contributed by atoms with Crippen LogP contribution in [0.4, 0.5) is 0 Å². The Balaban J connectivity index is 4.03. The van der Waals surface area contributed by atoms with E-state index in [-0.39, 0.29) is 0 Å². The van der Waals surface area contributed by atoms with Crippen LogP contribution >= 0.6 is 0 Å². The van der Waals surface area contributed by atoms with Gasteiger partial charge in [-0.1, -0.05) is 93.2 Å². The van der Waals surface area contributed by atoms with Gasteiger partial charge >= 0.3 is 0 Å². The van der Waals surface area contributed by atoms with Gasteiger partial charge in [0.1, 0.15) is 0 Å². The van der Waals surface area contributed by atoms with Gasteiger partial charge in [-0.2, -0.15) is 0 Å². The molecule has 0 bridgehead atoms. The third-order valence-electron chi connectivity index (χ3n) is 6.30. The van der Waals surface area contributed by atoms with E-state index in [0.717, 1.165) is 23.7 Å². The van der Waals surface area contributed by atoms with Crippen LogP contribution in [0.2, 0.25) is 0 Å². The lowest BCUT2D eigenvalue weighted by Crippen LogP contribution is -2.22. The SMILES string of the molecule is CCC(C)CC=CC(C)CCCC(C)(C)C(C)CCC(C)CC. The Hall–Kier alpha value is -0.260. The summed E-state index contributed by atoms with van der Waals surface area (Å²) in [6.07, 6.45) is 15.6. The maximum absolute atomic E-state index is 2.48. The van der Waals surface area contributed by atoms with Crippen LogP contribution in [-0.2, 0) is 0 Å². The van der Waals surface area contributed by atoms with Crippen molar-refractivity contribution in [2.75, 3.05) is 0 Å². The fourth-order valence-corrected chi connectivity index (χ4v) is 3.06. The minimum atomic E-state index is 0.494. The van der Waals surface area contributed by atoms with Crippen molar-refractivity contribution >= 4 is 0 Å². The minimum absolute atomic E-state index is 0.494. The van der Waals surface area contributed by atoms with Gasteiger partial charge in [-0.15, -0.1) is 0 Å². The second kappa shape index (κ2) is 12.2. The van der Waals surface area contributed by atoms with E-state index in [0.29, 0.717) is 5.41 Å². The lowest BCUT2D eigenvalue weighted by molar-refractivity contribution is 0.182. The van der Waals surface area contributed by atoms with Crippen molar-refractivity contribution < 1.29 is 0 Å². The molecule has 0 heterocycles. The zero-order valence-electron chi connectivity index (χ0n) is 17.6. The molecule has 23 heavy (non-hydrogen) atoms. The zero-order chi connectivity index (χ0) is 17.9. The van der Waals surface area contributed by atoms with E-state index < -0.39 is 0 Å². The first-order valence-corrected chi connectivity index (χ1v) is 10.4. The van der Waals surface area contributed by atoms with Gasteiger partial charge in [0.2, 0.25) is 0 Å². The number of allylic oxidation sites excluding steroid dienone is 2. The van der Waals surface area contributed by atoms with Gasteiger partial charge in [-0.05, 0) is 54.8 Å². The van der Waals surface area contributed by atoms with E-state index in [2.05, 4.69) is 67.5 Å². The van der Waals surface area contributed by atoms with Gasteiger partial charge in [0.15, 0.2) is 0 Å². The van der Waals surface area contributed by atoms with Crippen LogP contribution in [0.5, 0.6) is 0 Å². The van der Waals surface area contributed by atoms with Crippen molar-refractivity contribution in [3.05, 3.63) is 12.2 Å². The van der Waals surface area contributed by atoms with Crippen molar-refractivity contribution in [3.8, 4) is 0 Å². The molecule has 0 amide bonds. The average molecular weight is 323 g/mol. The van der Waals surface area contributed by atoms with Crippen molar-refractivity contribution in [1.29, 1.82) is 0 Å². The molecular formula is C23H46. The number of hydrogen-bond donors (Lipinski definition) is 0. The third kappa shape index (κ3) is 11.0. The largest absolute Gasteiger partial charge is 0.0880 e. The molecule has 0 aromatic carbocycles. The molecule has 0 aromatic rings. The summed E-state index contributed by atoms with van der Waals surface area (Å²) in [5, 5.41) is 0. The van der Waals surface area contributed by atoms with E-state index in [9.17, 15) is 0 Å². The highest BCUT2D eigenvalue weighted by Crippen LogP contribution is 2.36. The monoisotopic (exact) mass is 322 g/mol. The fourth-order valence-electron chi connectivity index (χ4n) is 3.06. The van der Waals surface area contributed by atoms with Gasteiger partial charge in [-0.3, -0.25) is 0 Å². The molecule has 0 aliphatic rings. The average Bonchev–Trinajstić information content (AvgIpc) is 2.51. The molecule has 0 fully saturated rings. The molecule has 4 unspecified atom stereocenters. The van der Waals surface area contributed by atoms with Gasteiger partial charge < -0.3 is 0 Å². The predicted octanol–water partition coefficient (Wildman–Crippen LogP) is 8.27. The molecule has 0 spiro atoms. The Morgan fingerprint density at radius 3 is 2.00 bits per heavy atom. The van der Waals surface area contributed by atoms with E-state index in [1.165, 1.54) is 51.4 Å². The molecule has 0 nitrogen and oxygen atoms in total. The summed E-state index contributed by atoms with van der Waals surface area (Å²) in [5.74, 6) is 3.31. The van der Waals surface area contributed by atoms with Crippen LogP contribution in [0.25, 0.3) is 0 Å². The molecule has 0 aliphatic carbocycles. The summed E-state index contributed by atoms with van der Waals surface area (Å²) in [7, 11) is 0. The predicted molar refractivity (Wildman–Crippen MR) is 108 cm³/mol. The number of hydrogen-bond acceptors (Lipinski definition) is 0. The van der Waals surface area contributed by atoms with E-state index >= 15 is 0 Å². The first kappa shape index (κ1) is 22.7. The summed E-state index contributed by atoms with van der Waals surface area (Å²) in [4.78, 5) is 0. The Labute approximate surface area is 148 Å². The summed E-state index contributed by atoms with van der Waals surface area (Å²) in [6.45, 7) is 19.2. The van der Waals surface area contributed by atoms with Crippen LogP contribution in [-0.4, -0.2) is 0 Å². The molecule has 138 valence electrons. The molecular weight excluding hydrogens is 276 g/mol. The van der Waals surface area contributed by atoms with Crippen molar-refractivity contribution in [2.24, 2.45) is 29.1 Å². The summed E-state index contributed by atoms with van der Waals surface area (Å²) >= 11 is 0. The highest BCUT2D eigenvalue weighted by Gasteiger charge is 2.25. The molecule has 0 radical (unpaired) electrons. The molecule has 0 aromatic heterocycles. The molecule has 0 aliphatic heterocycles. The Morgan fingerprint density at radius 2 is 1.43 bits per heavy atom. The Kier molecular flexibility index (Phi) is 12.0. The van der Waals surface area contributed by atoms with Gasteiger partial charge in [0, 0.05) is 0 Å². The van der Waals surface area contributed by atoms with Gasteiger partial charge in [-0.25, -0.2) is 0 Å². The van der Waals surface area contributed by atoms with E-state index in [4.69, 9.17) is 0 Å². The highest BCUT2D eigenvalue weighted by molar-refractivity contribution is 4.88. The van der Waals surface area contributed by atoms with Crippen LogP contribution in [0.3, 0.4) is 0 Å². The minimum Gasteiger partial charge on any atom is -0.0880 e. The fraction of sp³-hybridized carbons (Fsp3) is 0.913. The molecule has 4 atom stereocenters. The standard InChI is InChI=1S/C23H46/c1-9-19(3)13-11-14-21(5)15-12-18-23(7,8)22(6)17-16-20(4)10-2/h11,14,19-22H,9-10,12-13,15-18H2,1-8H3. The molecule has 0 saturated carbocycles. The van der Waals surface area contributed by atoms with Crippen LogP contribution in [0.1, 0.15) is 107 Å². The molecule has 0 N–H and O–H groups in total. The molecule has 0 saturated heterocycles. The lowest BCUT2D eigenvalue weighted by Gasteiger charge is -2.33. The van der Waals surface area contributed by atoms with Crippen LogP contribution in [0.15, 0.2) is 12.2 Å². The molecule has 0 rings (SSSR count). The second-order valence-electron chi connectivity index (χ2n) is 9.03. The smallest absolute Gasteiger partial charge is 0.0262 e. The third-order valence-corrected chi connectivity index (χ3v) is 6.30. The van der Waals surface area contributed by atoms with Crippen molar-refractivity contribution in [3.63, 3.8) is 0 Å². The highest BCUT2D eigenvalue weighted by atomic mass is 14.3. The van der Waals surface area contributed by atoms with Gasteiger partial charge in [0.05, 0.1) is 0 Å². The first-order valence-electron chi connectivity index (χ1n) is 10.4. The number of rotatable bonds is 13. The van der Waals surface area contributed by atoms with Crippen LogP contribution < -0.4 is 0 Å². The maximum Gasteiger partial charge on any atom is -0.0262 e. The zero-order valence-corrected chi connectivity index (χ0v) is 17.6. The van der Waals surface area contributed by atoms with Gasteiger partial charge in [0.25, 0.3) is 0 Å². The van der Waals surface area contributed by atoms with E-state index in [1.54, 1.807) is 0 Å². The molecule has 0 heteroatoms. The summed E-state index contributed by atoms with van der Waals surface area (Å²) in [6, 6.07) is 0. The topological polar surface area (TPSA) is 0 Å². The summed E-state index contributed by atoms with van der Waals surface area (Å²) in [5.41, 5.74) is 0.494. The Bertz CT molecular complexity index is 299. The quantitative estimate of drug-likeness (QED) is 0.299. The lowest BCUT2D eigenvalue weighted by atomic mass is 9.73. The Morgan fingerprint density at radius 1 is 0.826 bits per heavy atom. The normalized spacial score (nSPS) is 18.1. The second-order valence-corrected chi connectivity index (χ2v) is 9.03. The van der Waals surface area contributed by atoms with Crippen molar-refractivity contribution in [1.82, 2.24) is 0 Å². The van der Waals surface area contributed by atoms with Crippen LogP contribution in [0, 0.1) is 29.1 Å². The maximum atomic E-state index is 2.48.